The highest BCUT2D eigenvalue weighted by Crippen LogP contribution is 2.49. The van der Waals surface area contributed by atoms with Crippen LogP contribution >= 0.6 is 0 Å². The molecule has 0 spiro atoms. The van der Waals surface area contributed by atoms with E-state index < -0.39 is 0 Å². The Labute approximate surface area is 144 Å². The van der Waals surface area contributed by atoms with Crippen LogP contribution in [0.15, 0.2) is 78.9 Å². The van der Waals surface area contributed by atoms with Gasteiger partial charge in [-0.05, 0) is 38.6 Å². The van der Waals surface area contributed by atoms with Crippen LogP contribution in [0, 0.1) is 10.1 Å². The van der Waals surface area contributed by atoms with Crippen molar-refractivity contribution in [2.45, 2.75) is 0 Å². The average molecular weight is 323 g/mol. The second-order valence-electron chi connectivity index (χ2n) is 6.21. The first kappa shape index (κ1) is 13.9. The van der Waals surface area contributed by atoms with E-state index in [0.29, 0.717) is 5.56 Å². The molecule has 0 bridgehead atoms. The van der Waals surface area contributed by atoms with Crippen LogP contribution in [0.3, 0.4) is 0 Å². The molecule has 4 aromatic rings. The Kier molecular flexibility index (Phi) is 2.80. The van der Waals surface area contributed by atoms with Gasteiger partial charge in [-0.2, -0.15) is 0 Å². The van der Waals surface area contributed by atoms with E-state index in [4.69, 9.17) is 0 Å². The fraction of sp³-hybridized carbons (Fsp3) is 0. The third kappa shape index (κ3) is 1.86. The van der Waals surface area contributed by atoms with Gasteiger partial charge in [-0.3, -0.25) is 10.1 Å². The van der Waals surface area contributed by atoms with Gasteiger partial charge in [-0.25, -0.2) is 0 Å². The first-order valence-corrected chi connectivity index (χ1v) is 8.15. The monoisotopic (exact) mass is 323 g/mol. The van der Waals surface area contributed by atoms with Crippen LogP contribution in [-0.2, 0) is 0 Å². The third-order valence-corrected chi connectivity index (χ3v) is 4.92. The zero-order chi connectivity index (χ0) is 17.0. The van der Waals surface area contributed by atoms with E-state index in [-0.39, 0.29) is 10.6 Å². The Morgan fingerprint density at radius 1 is 0.600 bits per heavy atom. The lowest BCUT2D eigenvalue weighted by atomic mass is 9.92. The maximum absolute atomic E-state index is 11.7. The van der Waals surface area contributed by atoms with Crippen molar-refractivity contribution in [3.8, 4) is 33.4 Å². The largest absolute Gasteiger partial charge is 0.277 e. The first-order chi connectivity index (χ1) is 12.3. The second-order valence-corrected chi connectivity index (χ2v) is 6.21. The molecule has 1 aliphatic rings. The fourth-order valence-electron chi connectivity index (χ4n) is 3.93. The predicted molar refractivity (Wildman–Crippen MR) is 100 cm³/mol. The molecule has 5 rings (SSSR count). The van der Waals surface area contributed by atoms with Gasteiger partial charge in [0.05, 0.1) is 10.5 Å². The molecule has 0 unspecified atom stereocenters. The normalized spacial score (nSPS) is 11.5. The van der Waals surface area contributed by atoms with Crippen molar-refractivity contribution < 1.29 is 4.92 Å². The molecule has 0 heterocycles. The molecule has 25 heavy (non-hydrogen) atoms. The molecule has 4 aromatic carbocycles. The molecule has 3 nitrogen and oxygen atoms in total. The summed E-state index contributed by atoms with van der Waals surface area (Å²) in [5.74, 6) is 0. The van der Waals surface area contributed by atoms with Gasteiger partial charge in [-0.15, -0.1) is 0 Å². The molecule has 0 amide bonds. The van der Waals surface area contributed by atoms with Gasteiger partial charge in [0.25, 0.3) is 5.69 Å². The third-order valence-electron chi connectivity index (χ3n) is 4.92. The summed E-state index contributed by atoms with van der Waals surface area (Å²) < 4.78 is 0. The molecule has 0 fully saturated rings. The second kappa shape index (κ2) is 5.02. The number of rotatable bonds is 1. The van der Waals surface area contributed by atoms with Crippen LogP contribution in [0.2, 0.25) is 0 Å². The SMILES string of the molecule is O=[N+]([O-])c1cccc2c1-c1ccccc1-c1cccc3cccc-2c13. The van der Waals surface area contributed by atoms with Gasteiger partial charge < -0.3 is 0 Å². The van der Waals surface area contributed by atoms with E-state index in [1.54, 1.807) is 12.1 Å². The molecule has 1 aliphatic carbocycles. The fourth-order valence-corrected chi connectivity index (χ4v) is 3.93. The van der Waals surface area contributed by atoms with Crippen molar-refractivity contribution in [3.05, 3.63) is 89.0 Å². The van der Waals surface area contributed by atoms with Gasteiger partial charge in [0, 0.05) is 6.07 Å². The number of nitro groups is 1. The van der Waals surface area contributed by atoms with E-state index in [0.717, 1.165) is 38.6 Å². The lowest BCUT2D eigenvalue weighted by molar-refractivity contribution is -0.384. The Balaban J connectivity index is 2.09. The number of benzene rings is 4. The zero-order valence-corrected chi connectivity index (χ0v) is 13.3. The minimum atomic E-state index is -0.286. The number of hydrogen-bond acceptors (Lipinski definition) is 2. The van der Waals surface area contributed by atoms with Crippen molar-refractivity contribution in [1.82, 2.24) is 0 Å². The van der Waals surface area contributed by atoms with Crippen LogP contribution < -0.4 is 0 Å². The van der Waals surface area contributed by atoms with Crippen molar-refractivity contribution in [2.75, 3.05) is 0 Å². The minimum Gasteiger partial charge on any atom is -0.258 e. The summed E-state index contributed by atoms with van der Waals surface area (Å²) in [6, 6.07) is 25.7. The first-order valence-electron chi connectivity index (χ1n) is 8.15. The highest BCUT2D eigenvalue weighted by Gasteiger charge is 2.26. The average Bonchev–Trinajstić information content (AvgIpc) is 2.77. The number of nitro benzene ring substituents is 1. The van der Waals surface area contributed by atoms with Gasteiger partial charge >= 0.3 is 0 Å². The topological polar surface area (TPSA) is 43.1 Å². The van der Waals surface area contributed by atoms with Crippen molar-refractivity contribution in [3.63, 3.8) is 0 Å². The zero-order valence-electron chi connectivity index (χ0n) is 13.3. The summed E-state index contributed by atoms with van der Waals surface area (Å²) in [6.07, 6.45) is 0. The number of hydrogen-bond donors (Lipinski definition) is 0. The van der Waals surface area contributed by atoms with E-state index in [1.165, 1.54) is 0 Å². The van der Waals surface area contributed by atoms with Gasteiger partial charge in [0.15, 0.2) is 0 Å². The van der Waals surface area contributed by atoms with Gasteiger partial charge in [-0.1, -0.05) is 72.8 Å². The van der Waals surface area contributed by atoms with Crippen LogP contribution in [0.1, 0.15) is 0 Å². The van der Waals surface area contributed by atoms with Gasteiger partial charge in [0.1, 0.15) is 0 Å². The van der Waals surface area contributed by atoms with Crippen molar-refractivity contribution in [1.29, 1.82) is 0 Å². The molecule has 0 aromatic heterocycles. The van der Waals surface area contributed by atoms with Crippen molar-refractivity contribution in [2.24, 2.45) is 0 Å². The van der Waals surface area contributed by atoms with Crippen LogP contribution in [-0.4, -0.2) is 4.92 Å². The smallest absolute Gasteiger partial charge is 0.258 e. The van der Waals surface area contributed by atoms with E-state index in [1.807, 2.05) is 42.5 Å². The highest BCUT2D eigenvalue weighted by molar-refractivity contribution is 6.14. The van der Waals surface area contributed by atoms with E-state index in [9.17, 15) is 10.1 Å². The Hall–Kier alpha value is -3.46. The lowest BCUT2D eigenvalue weighted by Crippen LogP contribution is -1.94. The minimum absolute atomic E-state index is 0.148. The number of nitrogens with zero attached hydrogens (tertiary/aromatic N) is 1. The maximum atomic E-state index is 11.7. The standard InChI is InChI=1S/C22H13NO2/c24-23(25)20-13-5-12-19-18-11-4-7-14-6-3-10-16(21(14)18)15-8-1-2-9-17(15)22(19)20/h1-13H. The molecule has 0 N–H and O–H groups in total. The summed E-state index contributed by atoms with van der Waals surface area (Å²) in [7, 11) is 0. The van der Waals surface area contributed by atoms with Crippen LogP contribution in [0.25, 0.3) is 44.2 Å². The Morgan fingerprint density at radius 2 is 1.16 bits per heavy atom. The highest BCUT2D eigenvalue weighted by atomic mass is 16.6. The number of fused-ring (bicyclic) bond motifs is 5. The summed E-state index contributed by atoms with van der Waals surface area (Å²) in [4.78, 5) is 11.4. The molecular weight excluding hydrogens is 310 g/mol. The van der Waals surface area contributed by atoms with E-state index in [2.05, 4.69) is 24.3 Å². The molecule has 0 atom stereocenters. The Bertz CT molecular complexity index is 1170. The lowest BCUT2D eigenvalue weighted by Gasteiger charge is -2.10. The summed E-state index contributed by atoms with van der Waals surface area (Å²) >= 11 is 0. The molecule has 3 heteroatoms. The quantitative estimate of drug-likeness (QED) is 0.278. The molecular formula is C22H13NO2. The molecule has 0 aliphatic heterocycles. The predicted octanol–water partition coefficient (Wildman–Crippen LogP) is 6.06. The van der Waals surface area contributed by atoms with E-state index >= 15 is 0 Å². The summed E-state index contributed by atoms with van der Waals surface area (Å²) in [6.45, 7) is 0. The van der Waals surface area contributed by atoms with Gasteiger partial charge in [0.2, 0.25) is 0 Å². The molecule has 118 valence electrons. The van der Waals surface area contributed by atoms with Crippen LogP contribution in [0.4, 0.5) is 5.69 Å². The summed E-state index contributed by atoms with van der Waals surface area (Å²) in [5, 5.41) is 14.0. The van der Waals surface area contributed by atoms with Crippen molar-refractivity contribution >= 4 is 16.5 Å². The maximum Gasteiger partial charge on any atom is 0.277 e. The molecule has 0 saturated carbocycles. The van der Waals surface area contributed by atoms with Crippen LogP contribution in [0.5, 0.6) is 0 Å². The molecule has 0 radical (unpaired) electrons. The Morgan fingerprint density at radius 3 is 1.88 bits per heavy atom. The molecule has 0 saturated heterocycles. The summed E-state index contributed by atoms with van der Waals surface area (Å²) in [5.41, 5.74) is 5.87.